The van der Waals surface area contributed by atoms with Crippen molar-refractivity contribution in [1.29, 1.82) is 0 Å². The molecule has 1 aromatic carbocycles. The van der Waals surface area contributed by atoms with Gasteiger partial charge in [-0.1, -0.05) is 17.7 Å². The highest BCUT2D eigenvalue weighted by Crippen LogP contribution is 2.44. The fourth-order valence-electron chi connectivity index (χ4n) is 3.74. The maximum atomic E-state index is 13.5. The Morgan fingerprint density at radius 1 is 1.33 bits per heavy atom. The zero-order valence-electron chi connectivity index (χ0n) is 15.8. The maximum absolute atomic E-state index is 13.5. The number of thiophene rings is 1. The van der Waals surface area contributed by atoms with Gasteiger partial charge in [-0.3, -0.25) is 9.69 Å². The van der Waals surface area contributed by atoms with Crippen molar-refractivity contribution in [2.24, 2.45) is 0 Å². The van der Waals surface area contributed by atoms with Crippen molar-refractivity contribution in [3.05, 3.63) is 39.9 Å². The molecule has 0 aliphatic carbocycles. The van der Waals surface area contributed by atoms with Gasteiger partial charge < -0.3 is 4.74 Å². The molecule has 0 N–H and O–H groups in total. The van der Waals surface area contributed by atoms with Gasteiger partial charge in [0, 0.05) is 16.8 Å². The van der Waals surface area contributed by atoms with E-state index in [4.69, 9.17) is 11.6 Å². The summed E-state index contributed by atoms with van der Waals surface area (Å²) in [7, 11) is 0. The molecule has 3 aromatic rings. The molecule has 0 fully saturated rings. The van der Waals surface area contributed by atoms with Gasteiger partial charge in [-0.15, -0.1) is 11.3 Å². The lowest BCUT2D eigenvalue weighted by atomic mass is 10.0. The lowest BCUT2D eigenvalue weighted by Crippen LogP contribution is -2.46. The van der Waals surface area contributed by atoms with Crippen LogP contribution >= 0.6 is 22.9 Å². The number of benzene rings is 1. The van der Waals surface area contributed by atoms with E-state index in [-0.39, 0.29) is 33.3 Å². The van der Waals surface area contributed by atoms with E-state index in [1.165, 1.54) is 21.7 Å². The average Bonchev–Trinajstić information content (AvgIpc) is 3.20. The van der Waals surface area contributed by atoms with Crippen LogP contribution < -0.4 is 9.64 Å². The fraction of sp³-hybridized carbons (Fsp3) is 0.368. The van der Waals surface area contributed by atoms with Crippen LogP contribution in [0.1, 0.15) is 34.8 Å². The molecular weight excluding hydrogens is 446 g/mol. The molecular formula is C19H16ClF4N3O2S. The first-order chi connectivity index (χ1) is 14.2. The first-order valence-corrected chi connectivity index (χ1v) is 10.2. The number of ether oxygens (including phenoxy) is 1. The van der Waals surface area contributed by atoms with Gasteiger partial charge in [-0.05, 0) is 32.4 Å². The standard InChI is InChI=1S/C19H16ClF4N3O2S/c1-8-6-13-26(9(2)7-10(17(21)22)27(13)25-8)18(28)16-15(20)14-11(29-19(23)24)4-3-5-12(14)30-16/h3-6,9-10,17,19H,7H2,1-2H3/t9-,10-/m1/s1. The van der Waals surface area contributed by atoms with E-state index in [0.717, 1.165) is 11.3 Å². The van der Waals surface area contributed by atoms with Gasteiger partial charge in [-0.25, -0.2) is 13.5 Å². The number of hydrogen-bond acceptors (Lipinski definition) is 4. The summed E-state index contributed by atoms with van der Waals surface area (Å²) in [4.78, 5) is 14.9. The molecule has 2 atom stereocenters. The molecule has 160 valence electrons. The van der Waals surface area contributed by atoms with E-state index in [1.807, 2.05) is 0 Å². The van der Waals surface area contributed by atoms with Crippen molar-refractivity contribution >= 4 is 44.7 Å². The first-order valence-electron chi connectivity index (χ1n) is 9.02. The van der Waals surface area contributed by atoms with Crippen LogP contribution in [0.5, 0.6) is 5.75 Å². The Bertz CT molecular complexity index is 1120. The van der Waals surface area contributed by atoms with Crippen molar-refractivity contribution in [3.8, 4) is 5.75 Å². The SMILES string of the molecule is Cc1cc2n(n1)[C@@H](C(F)F)C[C@@H](C)N2C(=O)c1sc2cccc(OC(F)F)c2c1Cl. The molecule has 3 heterocycles. The van der Waals surface area contributed by atoms with Crippen molar-refractivity contribution in [3.63, 3.8) is 0 Å². The van der Waals surface area contributed by atoms with E-state index < -0.39 is 31.0 Å². The summed E-state index contributed by atoms with van der Waals surface area (Å²) in [5.74, 6) is -0.391. The molecule has 11 heteroatoms. The minimum atomic E-state index is -3.04. The zero-order valence-corrected chi connectivity index (χ0v) is 17.4. The third kappa shape index (κ3) is 3.41. The van der Waals surface area contributed by atoms with E-state index in [9.17, 15) is 22.4 Å². The van der Waals surface area contributed by atoms with Crippen LogP contribution in [0.15, 0.2) is 24.3 Å². The van der Waals surface area contributed by atoms with Crippen molar-refractivity contribution < 1.29 is 27.1 Å². The van der Waals surface area contributed by atoms with Crippen molar-refractivity contribution in [2.75, 3.05) is 4.90 Å². The largest absolute Gasteiger partial charge is 0.434 e. The van der Waals surface area contributed by atoms with Gasteiger partial charge >= 0.3 is 6.61 Å². The second-order valence-corrected chi connectivity index (χ2v) is 8.43. The predicted molar refractivity (Wildman–Crippen MR) is 106 cm³/mol. The van der Waals surface area contributed by atoms with Crippen molar-refractivity contribution in [1.82, 2.24) is 9.78 Å². The summed E-state index contributed by atoms with van der Waals surface area (Å²) in [5, 5.41) is 4.34. The normalized spacial score (nSPS) is 19.0. The van der Waals surface area contributed by atoms with Crippen LogP contribution in [-0.2, 0) is 0 Å². The number of carbonyl (C=O) groups excluding carboxylic acids is 1. The lowest BCUT2D eigenvalue weighted by Gasteiger charge is -2.37. The molecule has 2 aromatic heterocycles. The summed E-state index contributed by atoms with van der Waals surface area (Å²) in [5.41, 5.74) is 0.498. The molecule has 0 unspecified atom stereocenters. The quantitative estimate of drug-likeness (QED) is 0.454. The van der Waals surface area contributed by atoms with Gasteiger partial charge in [-0.2, -0.15) is 13.9 Å². The van der Waals surface area contributed by atoms with Gasteiger partial charge in [0.1, 0.15) is 22.5 Å². The second kappa shape index (κ2) is 7.73. The minimum absolute atomic E-state index is 0.0118. The van der Waals surface area contributed by atoms with E-state index >= 15 is 0 Å². The molecule has 1 aliphatic rings. The highest BCUT2D eigenvalue weighted by molar-refractivity contribution is 7.21. The highest BCUT2D eigenvalue weighted by atomic mass is 35.5. The van der Waals surface area contributed by atoms with Crippen molar-refractivity contribution in [2.45, 2.75) is 45.4 Å². The highest BCUT2D eigenvalue weighted by Gasteiger charge is 2.40. The van der Waals surface area contributed by atoms with Crippen LogP contribution in [0.2, 0.25) is 5.02 Å². The molecule has 5 nitrogen and oxygen atoms in total. The molecule has 4 rings (SSSR count). The number of fused-ring (bicyclic) bond motifs is 2. The van der Waals surface area contributed by atoms with E-state index in [0.29, 0.717) is 10.4 Å². The second-order valence-electron chi connectivity index (χ2n) is 7.00. The number of carbonyl (C=O) groups is 1. The van der Waals surface area contributed by atoms with Crippen LogP contribution in [0.25, 0.3) is 10.1 Å². The topological polar surface area (TPSA) is 47.4 Å². The third-order valence-electron chi connectivity index (χ3n) is 4.96. The Hall–Kier alpha value is -2.33. The number of nitrogens with zero attached hydrogens (tertiary/aromatic N) is 3. The Morgan fingerprint density at radius 3 is 2.73 bits per heavy atom. The van der Waals surface area contributed by atoms with Crippen LogP contribution in [-0.4, -0.2) is 34.8 Å². The average molecular weight is 462 g/mol. The Morgan fingerprint density at radius 2 is 2.07 bits per heavy atom. The van der Waals surface area contributed by atoms with Crippen LogP contribution in [0.3, 0.4) is 0 Å². The number of anilines is 1. The summed E-state index contributed by atoms with van der Waals surface area (Å²) >= 11 is 7.45. The fourth-order valence-corrected chi connectivity index (χ4v) is 5.24. The Balaban J connectivity index is 1.80. The van der Waals surface area contributed by atoms with E-state index in [1.54, 1.807) is 26.0 Å². The molecule has 0 radical (unpaired) electrons. The van der Waals surface area contributed by atoms with Gasteiger partial charge in [0.05, 0.1) is 16.1 Å². The number of alkyl halides is 4. The molecule has 0 saturated heterocycles. The third-order valence-corrected chi connectivity index (χ3v) is 6.59. The molecule has 0 saturated carbocycles. The summed E-state index contributed by atoms with van der Waals surface area (Å²) in [6.07, 6.45) is -2.62. The summed E-state index contributed by atoms with van der Waals surface area (Å²) in [6.45, 7) is 0.282. The minimum Gasteiger partial charge on any atom is -0.434 e. The molecule has 1 amide bonds. The lowest BCUT2D eigenvalue weighted by molar-refractivity contribution is -0.0487. The number of rotatable bonds is 4. The Kier molecular flexibility index (Phi) is 5.39. The van der Waals surface area contributed by atoms with Crippen LogP contribution in [0, 0.1) is 6.92 Å². The predicted octanol–water partition coefficient (Wildman–Crippen LogP) is 5.91. The monoisotopic (exact) mass is 461 g/mol. The number of hydrogen-bond donors (Lipinski definition) is 0. The number of aromatic nitrogens is 2. The zero-order chi connectivity index (χ0) is 21.7. The van der Waals surface area contributed by atoms with Gasteiger partial charge in [0.15, 0.2) is 0 Å². The number of amides is 1. The number of aryl methyl sites for hydroxylation is 1. The van der Waals surface area contributed by atoms with Gasteiger partial charge in [0.25, 0.3) is 12.3 Å². The van der Waals surface area contributed by atoms with Crippen LogP contribution in [0.4, 0.5) is 23.4 Å². The molecule has 1 aliphatic heterocycles. The smallest absolute Gasteiger partial charge is 0.387 e. The molecule has 0 spiro atoms. The Labute approximate surface area is 177 Å². The summed E-state index contributed by atoms with van der Waals surface area (Å²) in [6, 6.07) is 4.39. The molecule has 30 heavy (non-hydrogen) atoms. The number of halogens is 5. The maximum Gasteiger partial charge on any atom is 0.387 e. The molecule has 0 bridgehead atoms. The summed E-state index contributed by atoms with van der Waals surface area (Å²) < 4.78 is 58.8. The first kappa shape index (κ1) is 20.9. The van der Waals surface area contributed by atoms with E-state index in [2.05, 4.69) is 9.84 Å². The van der Waals surface area contributed by atoms with Gasteiger partial charge in [0.2, 0.25) is 0 Å².